The van der Waals surface area contributed by atoms with Crippen molar-refractivity contribution in [3.05, 3.63) is 42.2 Å². The van der Waals surface area contributed by atoms with Crippen LogP contribution in [0.1, 0.15) is 45.4 Å². The second kappa shape index (κ2) is 10.8. The minimum Gasteiger partial charge on any atom is -0.479 e. The predicted octanol–water partition coefficient (Wildman–Crippen LogP) is 3.43. The van der Waals surface area contributed by atoms with Crippen LogP contribution in [0.3, 0.4) is 0 Å². The lowest BCUT2D eigenvalue weighted by atomic mass is 9.91. The summed E-state index contributed by atoms with van der Waals surface area (Å²) in [5.74, 6) is -1.09. The smallest absolute Gasteiger partial charge is 0.332 e. The Morgan fingerprint density at radius 2 is 2.17 bits per heavy atom. The van der Waals surface area contributed by atoms with Crippen LogP contribution in [0.5, 0.6) is 0 Å². The topological polar surface area (TPSA) is 74.6 Å². The van der Waals surface area contributed by atoms with Crippen LogP contribution in [0, 0.1) is 11.8 Å². The molecule has 0 aromatic rings. The summed E-state index contributed by atoms with van der Waals surface area (Å²) >= 11 is 0. The first kappa shape index (κ1) is 19.1. The predicted molar refractivity (Wildman–Crippen MR) is 89.9 cm³/mol. The molecule has 1 unspecified atom stereocenters. The van der Waals surface area contributed by atoms with Gasteiger partial charge in [-0.3, -0.25) is 4.79 Å². The molecular weight excluding hydrogens is 292 g/mol. The van der Waals surface area contributed by atoms with E-state index in [9.17, 15) is 9.59 Å². The maximum absolute atomic E-state index is 11.9. The molecule has 0 heterocycles. The van der Waals surface area contributed by atoms with Crippen molar-refractivity contribution >= 4 is 11.8 Å². The molecule has 0 saturated heterocycles. The molecule has 0 aromatic heterocycles. The highest BCUT2D eigenvalue weighted by atomic mass is 16.4. The summed E-state index contributed by atoms with van der Waals surface area (Å²) in [6, 6.07) is 0. The van der Waals surface area contributed by atoms with Crippen molar-refractivity contribution in [3.8, 4) is 0 Å². The fraction of sp³-hybridized carbons (Fsp3) is 0.526. The number of aliphatic hydroxyl groups excluding tert-OH is 1. The van der Waals surface area contributed by atoms with Crippen molar-refractivity contribution in [2.75, 3.05) is 0 Å². The lowest BCUT2D eigenvalue weighted by Gasteiger charge is -2.11. The van der Waals surface area contributed by atoms with Crippen LogP contribution in [0.2, 0.25) is 0 Å². The second-order valence-corrected chi connectivity index (χ2v) is 5.77. The van der Waals surface area contributed by atoms with Crippen molar-refractivity contribution < 1.29 is 19.8 Å². The molecule has 0 saturated carbocycles. The van der Waals surface area contributed by atoms with Gasteiger partial charge in [0.15, 0.2) is 11.9 Å². The van der Waals surface area contributed by atoms with E-state index in [-0.39, 0.29) is 24.0 Å². The Labute approximate surface area is 137 Å². The van der Waals surface area contributed by atoms with Gasteiger partial charge in [0.05, 0.1) is 0 Å². The number of carboxylic acid groups (broad SMARTS) is 1. The number of unbranched alkanes of at least 4 members (excludes halogenated alkanes) is 3. The first-order chi connectivity index (χ1) is 11.1. The van der Waals surface area contributed by atoms with Gasteiger partial charge in [0.1, 0.15) is 0 Å². The molecule has 3 atom stereocenters. The normalized spacial score (nSPS) is 21.4. The zero-order chi connectivity index (χ0) is 17.1. The molecule has 0 aromatic carbocycles. The molecule has 1 aliphatic rings. The molecule has 4 heteroatoms. The lowest BCUT2D eigenvalue weighted by molar-refractivity contribution is -0.146. The Kier molecular flexibility index (Phi) is 8.96. The van der Waals surface area contributed by atoms with E-state index >= 15 is 0 Å². The number of allylic oxidation sites excluding steroid dienone is 4. The number of carbonyl (C=O) groups excluding carboxylic acids is 1. The van der Waals surface area contributed by atoms with E-state index in [1.807, 2.05) is 6.08 Å². The highest BCUT2D eigenvalue weighted by Crippen LogP contribution is 2.27. The molecule has 4 nitrogen and oxygen atoms in total. The van der Waals surface area contributed by atoms with Crippen LogP contribution in [0.4, 0.5) is 0 Å². The van der Waals surface area contributed by atoms with Crippen molar-refractivity contribution in [1.82, 2.24) is 0 Å². The first-order valence-electron chi connectivity index (χ1n) is 8.25. The highest BCUT2D eigenvalue weighted by Gasteiger charge is 2.26. The second-order valence-electron chi connectivity index (χ2n) is 5.77. The van der Waals surface area contributed by atoms with Crippen LogP contribution < -0.4 is 0 Å². The summed E-state index contributed by atoms with van der Waals surface area (Å²) in [5, 5.41) is 17.7. The van der Waals surface area contributed by atoms with Crippen LogP contribution in [0.15, 0.2) is 42.2 Å². The van der Waals surface area contributed by atoms with Crippen molar-refractivity contribution in [1.29, 1.82) is 0 Å². The van der Waals surface area contributed by atoms with E-state index in [0.717, 1.165) is 6.42 Å². The van der Waals surface area contributed by atoms with Gasteiger partial charge in [-0.25, -0.2) is 4.79 Å². The molecule has 0 amide bonds. The molecule has 0 aliphatic heterocycles. The molecule has 1 aliphatic carbocycles. The molecule has 0 bridgehead atoms. The van der Waals surface area contributed by atoms with E-state index < -0.39 is 12.1 Å². The lowest BCUT2D eigenvalue weighted by Crippen LogP contribution is -2.17. The van der Waals surface area contributed by atoms with Gasteiger partial charge in [-0.2, -0.15) is 0 Å². The summed E-state index contributed by atoms with van der Waals surface area (Å²) in [7, 11) is 0. The van der Waals surface area contributed by atoms with Crippen molar-refractivity contribution in [2.45, 2.75) is 51.6 Å². The van der Waals surface area contributed by atoms with Gasteiger partial charge in [0, 0.05) is 18.3 Å². The monoisotopic (exact) mass is 318 g/mol. The molecule has 2 N–H and O–H groups in total. The first-order valence-corrected chi connectivity index (χ1v) is 8.25. The number of ketones is 1. The third-order valence-corrected chi connectivity index (χ3v) is 3.88. The summed E-state index contributed by atoms with van der Waals surface area (Å²) in [4.78, 5) is 22.3. The number of hydrogen-bond donors (Lipinski definition) is 2. The maximum atomic E-state index is 11.9. The Bertz CT molecular complexity index is 509. The van der Waals surface area contributed by atoms with E-state index in [1.165, 1.54) is 25.3 Å². The third-order valence-electron chi connectivity index (χ3n) is 3.88. The van der Waals surface area contributed by atoms with Crippen LogP contribution in [-0.4, -0.2) is 28.1 Å². The van der Waals surface area contributed by atoms with Crippen LogP contribution >= 0.6 is 0 Å². The molecular formula is C19H26O4. The fourth-order valence-corrected chi connectivity index (χ4v) is 2.45. The number of carbonyl (C=O) groups is 2. The summed E-state index contributed by atoms with van der Waals surface area (Å²) in [6.45, 7) is 2.17. The summed E-state index contributed by atoms with van der Waals surface area (Å²) < 4.78 is 0. The van der Waals surface area contributed by atoms with Gasteiger partial charge in [0.2, 0.25) is 0 Å². The van der Waals surface area contributed by atoms with Gasteiger partial charge in [-0.05, 0) is 37.5 Å². The quantitative estimate of drug-likeness (QED) is 0.368. The molecule has 126 valence electrons. The van der Waals surface area contributed by atoms with E-state index in [2.05, 4.69) is 24.8 Å². The van der Waals surface area contributed by atoms with Crippen molar-refractivity contribution in [3.63, 3.8) is 0 Å². The number of carboxylic acids is 1. The third kappa shape index (κ3) is 7.27. The molecule has 0 fully saturated rings. The maximum Gasteiger partial charge on any atom is 0.332 e. The van der Waals surface area contributed by atoms with Gasteiger partial charge in [-0.1, -0.05) is 38.0 Å². The van der Waals surface area contributed by atoms with Gasteiger partial charge in [-0.15, -0.1) is 5.73 Å². The van der Waals surface area contributed by atoms with Gasteiger partial charge >= 0.3 is 5.97 Å². The minimum absolute atomic E-state index is 0.0173. The zero-order valence-corrected chi connectivity index (χ0v) is 13.6. The molecule has 0 radical (unpaired) electrons. The largest absolute Gasteiger partial charge is 0.479 e. The molecule has 0 spiro atoms. The van der Waals surface area contributed by atoms with E-state index in [4.69, 9.17) is 10.2 Å². The average molecular weight is 318 g/mol. The Morgan fingerprint density at radius 1 is 1.39 bits per heavy atom. The van der Waals surface area contributed by atoms with Gasteiger partial charge in [0.25, 0.3) is 0 Å². The summed E-state index contributed by atoms with van der Waals surface area (Å²) in [6.07, 6.45) is 14.9. The molecule has 23 heavy (non-hydrogen) atoms. The van der Waals surface area contributed by atoms with E-state index in [1.54, 1.807) is 12.2 Å². The minimum atomic E-state index is -1.40. The number of aliphatic hydroxyl groups is 1. The highest BCUT2D eigenvalue weighted by molar-refractivity contribution is 5.95. The van der Waals surface area contributed by atoms with Crippen LogP contribution in [0.25, 0.3) is 0 Å². The zero-order valence-electron chi connectivity index (χ0n) is 13.6. The number of hydrogen-bond acceptors (Lipinski definition) is 3. The van der Waals surface area contributed by atoms with E-state index in [0.29, 0.717) is 6.42 Å². The Hall–Kier alpha value is -1.90. The standard InChI is InChI=1S/C19H26O4/c1-2-3-4-5-7-10-15-13-14-17(20)16(15)11-8-6-9-12-18(21)19(22)23/h7-10,13-16,18,21H,2-5,11-12H2,1H3,(H,22,23)/t6?,15-,16+,18?/m0/s1. The Morgan fingerprint density at radius 3 is 2.87 bits per heavy atom. The number of aliphatic carboxylic acids is 1. The molecule has 1 rings (SSSR count). The SMILES string of the molecule is CCCCCC=C[C@H]1C=CC(=O)[C@@H]1CC=C=CCC(O)C(=O)O. The summed E-state index contributed by atoms with van der Waals surface area (Å²) in [5.41, 5.74) is 2.85. The Balaban J connectivity index is 2.45. The number of rotatable bonds is 10. The van der Waals surface area contributed by atoms with Gasteiger partial charge < -0.3 is 10.2 Å². The fourth-order valence-electron chi connectivity index (χ4n) is 2.45. The average Bonchev–Trinajstić information content (AvgIpc) is 2.87. The van der Waals surface area contributed by atoms with Crippen LogP contribution in [-0.2, 0) is 9.59 Å². The van der Waals surface area contributed by atoms with Crippen molar-refractivity contribution in [2.24, 2.45) is 11.8 Å².